The lowest BCUT2D eigenvalue weighted by Crippen LogP contribution is -2.04. The molecule has 100 valence electrons. The fourth-order valence-electron chi connectivity index (χ4n) is 2.12. The first-order valence-corrected chi connectivity index (χ1v) is 6.61. The summed E-state index contributed by atoms with van der Waals surface area (Å²) in [6.45, 7) is 4.61. The van der Waals surface area contributed by atoms with Crippen molar-refractivity contribution in [1.82, 2.24) is 15.0 Å². The second-order valence-corrected chi connectivity index (χ2v) is 4.77. The number of nitrogens with zero attached hydrogens (tertiary/aromatic N) is 3. The van der Waals surface area contributed by atoms with Crippen LogP contribution in [-0.2, 0) is 6.54 Å². The Morgan fingerprint density at radius 1 is 1.00 bits per heavy atom. The summed E-state index contributed by atoms with van der Waals surface area (Å²) in [5.74, 6) is 0.793. The average Bonchev–Trinajstić information content (AvgIpc) is 2.48. The van der Waals surface area contributed by atoms with Gasteiger partial charge in [0, 0.05) is 18.1 Å². The van der Waals surface area contributed by atoms with Crippen molar-refractivity contribution < 1.29 is 0 Å². The van der Waals surface area contributed by atoms with Gasteiger partial charge in [-0.05, 0) is 25.5 Å². The predicted molar refractivity (Wildman–Crippen MR) is 80.6 cm³/mol. The number of hydrogen-bond donors (Lipinski definition) is 1. The molecule has 0 unspecified atom stereocenters. The van der Waals surface area contributed by atoms with E-state index in [9.17, 15) is 0 Å². The predicted octanol–water partition coefficient (Wildman–Crippen LogP) is 3.25. The van der Waals surface area contributed by atoms with Crippen LogP contribution >= 0.6 is 0 Å². The zero-order valence-corrected chi connectivity index (χ0v) is 11.6. The Labute approximate surface area is 117 Å². The number of aromatic nitrogens is 3. The standard InChI is InChI=1S/C16H16N4/c1-11-12(2)20-15(10-18-11)19-9-14-6-3-5-13-7-4-8-17-16(13)14/h3-8,10H,9H2,1-2H3,(H,19,20). The van der Waals surface area contributed by atoms with Crippen molar-refractivity contribution in [2.75, 3.05) is 5.32 Å². The van der Waals surface area contributed by atoms with E-state index in [0.717, 1.165) is 33.7 Å². The lowest BCUT2D eigenvalue weighted by atomic mass is 10.1. The molecule has 3 aromatic rings. The van der Waals surface area contributed by atoms with Crippen molar-refractivity contribution in [2.45, 2.75) is 20.4 Å². The number of aryl methyl sites for hydroxylation is 2. The molecule has 0 saturated heterocycles. The van der Waals surface area contributed by atoms with Crippen LogP contribution in [0.15, 0.2) is 42.7 Å². The van der Waals surface area contributed by atoms with Crippen LogP contribution in [0.25, 0.3) is 10.9 Å². The molecule has 4 heteroatoms. The largest absolute Gasteiger partial charge is 0.365 e. The Hall–Kier alpha value is -2.49. The molecule has 0 spiro atoms. The molecular weight excluding hydrogens is 248 g/mol. The lowest BCUT2D eigenvalue weighted by Gasteiger charge is -2.09. The van der Waals surface area contributed by atoms with E-state index in [-0.39, 0.29) is 0 Å². The van der Waals surface area contributed by atoms with Gasteiger partial charge in [0.2, 0.25) is 0 Å². The summed E-state index contributed by atoms with van der Waals surface area (Å²) in [5, 5.41) is 4.46. The first kappa shape index (κ1) is 12.5. The number of para-hydroxylation sites is 1. The highest BCUT2D eigenvalue weighted by Gasteiger charge is 2.03. The van der Waals surface area contributed by atoms with Crippen molar-refractivity contribution in [2.24, 2.45) is 0 Å². The molecule has 1 aromatic carbocycles. The summed E-state index contributed by atoms with van der Waals surface area (Å²) < 4.78 is 0. The second kappa shape index (κ2) is 5.25. The van der Waals surface area contributed by atoms with Crippen molar-refractivity contribution in [1.29, 1.82) is 0 Å². The van der Waals surface area contributed by atoms with Crippen LogP contribution in [0, 0.1) is 13.8 Å². The highest BCUT2D eigenvalue weighted by Crippen LogP contribution is 2.17. The topological polar surface area (TPSA) is 50.7 Å². The number of pyridine rings is 1. The number of hydrogen-bond acceptors (Lipinski definition) is 4. The number of fused-ring (bicyclic) bond motifs is 1. The van der Waals surface area contributed by atoms with Crippen LogP contribution in [-0.4, -0.2) is 15.0 Å². The fraction of sp³-hybridized carbons (Fsp3) is 0.188. The SMILES string of the molecule is Cc1ncc(NCc2cccc3cccnc23)nc1C. The molecule has 2 heterocycles. The van der Waals surface area contributed by atoms with E-state index in [4.69, 9.17) is 0 Å². The van der Waals surface area contributed by atoms with Gasteiger partial charge >= 0.3 is 0 Å². The Bertz CT molecular complexity index is 747. The van der Waals surface area contributed by atoms with Gasteiger partial charge in [0.1, 0.15) is 5.82 Å². The van der Waals surface area contributed by atoms with Gasteiger partial charge < -0.3 is 5.32 Å². The molecule has 0 fully saturated rings. The van der Waals surface area contributed by atoms with E-state index in [0.29, 0.717) is 6.54 Å². The molecule has 0 aliphatic rings. The van der Waals surface area contributed by atoms with Gasteiger partial charge in [0.15, 0.2) is 0 Å². The Kier molecular flexibility index (Phi) is 3.29. The molecule has 1 N–H and O–H groups in total. The summed E-state index contributed by atoms with van der Waals surface area (Å²) in [6.07, 6.45) is 3.59. The molecule has 2 aromatic heterocycles. The third kappa shape index (κ3) is 2.45. The first-order chi connectivity index (χ1) is 9.74. The summed E-state index contributed by atoms with van der Waals surface area (Å²) in [5.41, 5.74) is 4.09. The Balaban J connectivity index is 1.85. The molecule has 0 aliphatic carbocycles. The van der Waals surface area contributed by atoms with E-state index >= 15 is 0 Å². The molecular formula is C16H16N4. The molecule has 0 saturated carbocycles. The third-order valence-corrected chi connectivity index (χ3v) is 3.37. The zero-order valence-electron chi connectivity index (χ0n) is 11.6. The number of anilines is 1. The fourth-order valence-corrected chi connectivity index (χ4v) is 2.12. The minimum atomic E-state index is 0.686. The molecule has 0 bridgehead atoms. The van der Waals surface area contributed by atoms with E-state index in [1.807, 2.05) is 32.2 Å². The van der Waals surface area contributed by atoms with E-state index < -0.39 is 0 Å². The monoisotopic (exact) mass is 264 g/mol. The van der Waals surface area contributed by atoms with Crippen LogP contribution in [0.3, 0.4) is 0 Å². The zero-order chi connectivity index (χ0) is 13.9. The van der Waals surface area contributed by atoms with Gasteiger partial charge in [0.05, 0.1) is 23.1 Å². The minimum Gasteiger partial charge on any atom is -0.365 e. The molecule has 0 atom stereocenters. The van der Waals surface area contributed by atoms with Crippen LogP contribution in [0.4, 0.5) is 5.82 Å². The van der Waals surface area contributed by atoms with Crippen molar-refractivity contribution in [3.8, 4) is 0 Å². The van der Waals surface area contributed by atoms with E-state index in [1.165, 1.54) is 0 Å². The maximum atomic E-state index is 4.47. The molecule has 0 aliphatic heterocycles. The molecule has 4 nitrogen and oxygen atoms in total. The Morgan fingerprint density at radius 2 is 1.85 bits per heavy atom. The second-order valence-electron chi connectivity index (χ2n) is 4.77. The Morgan fingerprint density at radius 3 is 2.70 bits per heavy atom. The van der Waals surface area contributed by atoms with Crippen molar-refractivity contribution >= 4 is 16.7 Å². The molecule has 20 heavy (non-hydrogen) atoms. The van der Waals surface area contributed by atoms with Crippen molar-refractivity contribution in [3.05, 3.63) is 59.7 Å². The number of rotatable bonds is 3. The summed E-state index contributed by atoms with van der Waals surface area (Å²) in [6, 6.07) is 10.2. The lowest BCUT2D eigenvalue weighted by molar-refractivity contribution is 1.02. The molecule has 3 rings (SSSR count). The van der Waals surface area contributed by atoms with E-state index in [1.54, 1.807) is 6.20 Å². The maximum absolute atomic E-state index is 4.47. The van der Waals surface area contributed by atoms with Gasteiger partial charge in [-0.2, -0.15) is 0 Å². The first-order valence-electron chi connectivity index (χ1n) is 6.61. The third-order valence-electron chi connectivity index (χ3n) is 3.37. The molecule has 0 radical (unpaired) electrons. The van der Waals surface area contributed by atoms with Crippen LogP contribution in [0.2, 0.25) is 0 Å². The number of nitrogens with one attached hydrogen (secondary N) is 1. The van der Waals surface area contributed by atoms with E-state index in [2.05, 4.69) is 38.5 Å². The van der Waals surface area contributed by atoms with Gasteiger partial charge in [-0.1, -0.05) is 24.3 Å². The quantitative estimate of drug-likeness (QED) is 0.789. The van der Waals surface area contributed by atoms with Crippen LogP contribution < -0.4 is 5.32 Å². The highest BCUT2D eigenvalue weighted by atomic mass is 15.0. The molecule has 0 amide bonds. The number of benzene rings is 1. The summed E-state index contributed by atoms with van der Waals surface area (Å²) in [7, 11) is 0. The van der Waals surface area contributed by atoms with Gasteiger partial charge in [-0.3, -0.25) is 9.97 Å². The summed E-state index contributed by atoms with van der Waals surface area (Å²) in [4.78, 5) is 13.2. The minimum absolute atomic E-state index is 0.686. The average molecular weight is 264 g/mol. The highest BCUT2D eigenvalue weighted by molar-refractivity contribution is 5.81. The van der Waals surface area contributed by atoms with Gasteiger partial charge in [0.25, 0.3) is 0 Å². The smallest absolute Gasteiger partial charge is 0.145 e. The normalized spacial score (nSPS) is 10.7. The summed E-state index contributed by atoms with van der Waals surface area (Å²) >= 11 is 0. The van der Waals surface area contributed by atoms with Crippen LogP contribution in [0.1, 0.15) is 17.0 Å². The maximum Gasteiger partial charge on any atom is 0.145 e. The van der Waals surface area contributed by atoms with Gasteiger partial charge in [-0.15, -0.1) is 0 Å². The van der Waals surface area contributed by atoms with Crippen LogP contribution in [0.5, 0.6) is 0 Å². The van der Waals surface area contributed by atoms with Crippen molar-refractivity contribution in [3.63, 3.8) is 0 Å². The van der Waals surface area contributed by atoms with Gasteiger partial charge in [-0.25, -0.2) is 4.98 Å².